The molecule has 1 aromatic heterocycles. The van der Waals surface area contributed by atoms with Crippen molar-refractivity contribution in [3.05, 3.63) is 82.6 Å². The minimum atomic E-state index is -0.250. The lowest BCUT2D eigenvalue weighted by Gasteiger charge is -1.99. The van der Waals surface area contributed by atoms with Crippen LogP contribution >= 0.6 is 11.8 Å². The Kier molecular flexibility index (Phi) is 4.98. The number of aliphatic imine (C=N–C) groups is 1. The highest BCUT2D eigenvalue weighted by atomic mass is 32.2. The molecule has 1 aliphatic rings. The standard InChI is InChI=1S/C21H16FN3OS/c22-17-5-1-3-14(12-17)8-10-24-21-25-20(26)19(27-21)13-15-6-7-18-16(11-15)4-2-9-23-18/h1-7,9,11-13H,8,10H2,(H,24,25,26). The third-order valence-electron chi connectivity index (χ3n) is 4.12. The van der Waals surface area contributed by atoms with E-state index in [0.717, 1.165) is 22.0 Å². The zero-order chi connectivity index (χ0) is 18.6. The smallest absolute Gasteiger partial charge is 0.264 e. The van der Waals surface area contributed by atoms with Gasteiger partial charge in [0.15, 0.2) is 5.17 Å². The number of amidine groups is 1. The maximum Gasteiger partial charge on any atom is 0.264 e. The molecule has 27 heavy (non-hydrogen) atoms. The average molecular weight is 377 g/mol. The van der Waals surface area contributed by atoms with Crippen LogP contribution in [-0.2, 0) is 11.2 Å². The van der Waals surface area contributed by atoms with Crippen molar-refractivity contribution in [3.8, 4) is 0 Å². The van der Waals surface area contributed by atoms with E-state index in [9.17, 15) is 9.18 Å². The number of nitrogens with one attached hydrogen (secondary N) is 1. The highest BCUT2D eigenvalue weighted by molar-refractivity contribution is 8.18. The van der Waals surface area contributed by atoms with E-state index in [4.69, 9.17) is 0 Å². The lowest BCUT2D eigenvalue weighted by molar-refractivity contribution is -0.115. The number of aromatic nitrogens is 1. The first-order valence-electron chi connectivity index (χ1n) is 8.52. The maximum absolute atomic E-state index is 13.2. The van der Waals surface area contributed by atoms with Gasteiger partial charge in [-0.05, 0) is 65.7 Å². The van der Waals surface area contributed by atoms with Gasteiger partial charge in [0.2, 0.25) is 0 Å². The normalized spacial score (nSPS) is 17.0. The molecule has 2 heterocycles. The second-order valence-electron chi connectivity index (χ2n) is 6.09. The Hall–Kier alpha value is -2.99. The fourth-order valence-electron chi connectivity index (χ4n) is 2.82. The molecule has 1 fully saturated rings. The van der Waals surface area contributed by atoms with Gasteiger partial charge in [-0.3, -0.25) is 14.8 Å². The number of pyridine rings is 1. The van der Waals surface area contributed by atoms with Gasteiger partial charge in [0.25, 0.3) is 5.91 Å². The van der Waals surface area contributed by atoms with Crippen LogP contribution in [0.25, 0.3) is 17.0 Å². The van der Waals surface area contributed by atoms with E-state index >= 15 is 0 Å². The summed E-state index contributed by atoms with van der Waals surface area (Å²) in [4.78, 5) is 21.5. The van der Waals surface area contributed by atoms with Crippen LogP contribution in [0.2, 0.25) is 0 Å². The molecule has 0 spiro atoms. The first-order valence-corrected chi connectivity index (χ1v) is 9.34. The number of halogens is 1. The molecule has 134 valence electrons. The van der Waals surface area contributed by atoms with Crippen LogP contribution in [0.4, 0.5) is 4.39 Å². The van der Waals surface area contributed by atoms with Gasteiger partial charge in [0, 0.05) is 18.1 Å². The van der Waals surface area contributed by atoms with Gasteiger partial charge in [-0.15, -0.1) is 0 Å². The second-order valence-corrected chi connectivity index (χ2v) is 7.12. The molecule has 1 aliphatic heterocycles. The molecule has 0 radical (unpaired) electrons. The van der Waals surface area contributed by atoms with Gasteiger partial charge < -0.3 is 5.32 Å². The predicted octanol–water partition coefficient (Wildman–Crippen LogP) is 4.18. The maximum atomic E-state index is 13.2. The fourth-order valence-corrected chi connectivity index (χ4v) is 3.66. The van der Waals surface area contributed by atoms with Crippen molar-refractivity contribution in [1.82, 2.24) is 10.3 Å². The number of carbonyl (C=O) groups excluding carboxylic acids is 1. The summed E-state index contributed by atoms with van der Waals surface area (Å²) in [5, 5.41) is 4.38. The molecule has 2 aromatic carbocycles. The van der Waals surface area contributed by atoms with Crippen molar-refractivity contribution in [2.45, 2.75) is 6.42 Å². The quantitative estimate of drug-likeness (QED) is 0.694. The van der Waals surface area contributed by atoms with Crippen molar-refractivity contribution in [1.29, 1.82) is 0 Å². The Morgan fingerprint density at radius 1 is 1.15 bits per heavy atom. The first kappa shape index (κ1) is 17.4. The minimum Gasteiger partial charge on any atom is -0.301 e. The summed E-state index contributed by atoms with van der Waals surface area (Å²) >= 11 is 1.32. The summed E-state index contributed by atoms with van der Waals surface area (Å²) in [5.74, 6) is -0.407. The molecular weight excluding hydrogens is 361 g/mol. The van der Waals surface area contributed by atoms with Gasteiger partial charge in [-0.1, -0.05) is 24.3 Å². The summed E-state index contributed by atoms with van der Waals surface area (Å²) in [5.41, 5.74) is 2.74. The van der Waals surface area contributed by atoms with E-state index in [1.807, 2.05) is 42.5 Å². The molecule has 4 nitrogen and oxygen atoms in total. The molecule has 1 amide bonds. The molecule has 4 rings (SSSR count). The highest BCUT2D eigenvalue weighted by Crippen LogP contribution is 2.27. The lowest BCUT2D eigenvalue weighted by Crippen LogP contribution is -2.20. The van der Waals surface area contributed by atoms with Crippen LogP contribution in [0.3, 0.4) is 0 Å². The number of hydrogen-bond acceptors (Lipinski definition) is 4. The molecule has 1 saturated heterocycles. The van der Waals surface area contributed by atoms with E-state index in [0.29, 0.717) is 23.0 Å². The van der Waals surface area contributed by atoms with Crippen LogP contribution in [-0.4, -0.2) is 22.6 Å². The van der Waals surface area contributed by atoms with Gasteiger partial charge in [0.05, 0.1) is 10.4 Å². The number of hydrogen-bond donors (Lipinski definition) is 1. The molecule has 0 bridgehead atoms. The van der Waals surface area contributed by atoms with Crippen molar-refractivity contribution < 1.29 is 9.18 Å². The number of amides is 1. The molecule has 0 aliphatic carbocycles. The Balaban J connectivity index is 1.45. The van der Waals surface area contributed by atoms with E-state index in [-0.39, 0.29) is 11.7 Å². The predicted molar refractivity (Wildman–Crippen MR) is 108 cm³/mol. The van der Waals surface area contributed by atoms with E-state index in [1.165, 1.54) is 23.9 Å². The highest BCUT2D eigenvalue weighted by Gasteiger charge is 2.23. The number of fused-ring (bicyclic) bond motifs is 1. The minimum absolute atomic E-state index is 0.157. The van der Waals surface area contributed by atoms with Gasteiger partial charge in [-0.2, -0.15) is 0 Å². The summed E-state index contributed by atoms with van der Waals surface area (Å²) < 4.78 is 13.2. The molecule has 6 heteroatoms. The van der Waals surface area contributed by atoms with Crippen LogP contribution < -0.4 is 5.32 Å². The number of rotatable bonds is 4. The van der Waals surface area contributed by atoms with Gasteiger partial charge in [-0.25, -0.2) is 4.39 Å². The fraction of sp³-hybridized carbons (Fsp3) is 0.0952. The second kappa shape index (κ2) is 7.72. The third-order valence-corrected chi connectivity index (χ3v) is 5.07. The Morgan fingerprint density at radius 3 is 2.96 bits per heavy atom. The molecule has 1 N–H and O–H groups in total. The van der Waals surface area contributed by atoms with Crippen molar-refractivity contribution >= 4 is 39.8 Å². The average Bonchev–Trinajstić information content (AvgIpc) is 3.01. The van der Waals surface area contributed by atoms with Crippen molar-refractivity contribution in [2.75, 3.05) is 6.54 Å². The number of benzene rings is 2. The molecule has 0 saturated carbocycles. The summed E-state index contributed by atoms with van der Waals surface area (Å²) in [6.45, 7) is 0.487. The monoisotopic (exact) mass is 377 g/mol. The van der Waals surface area contributed by atoms with E-state index in [2.05, 4.69) is 15.3 Å². The summed E-state index contributed by atoms with van der Waals surface area (Å²) in [6.07, 6.45) is 4.23. The van der Waals surface area contributed by atoms with Crippen LogP contribution in [0.5, 0.6) is 0 Å². The van der Waals surface area contributed by atoms with E-state index < -0.39 is 0 Å². The number of nitrogens with zero attached hydrogens (tertiary/aromatic N) is 2. The molecule has 0 atom stereocenters. The van der Waals surface area contributed by atoms with Gasteiger partial charge >= 0.3 is 0 Å². The first-order chi connectivity index (χ1) is 13.2. The van der Waals surface area contributed by atoms with Crippen molar-refractivity contribution in [2.24, 2.45) is 4.99 Å². The van der Waals surface area contributed by atoms with E-state index in [1.54, 1.807) is 12.3 Å². The lowest BCUT2D eigenvalue weighted by atomic mass is 10.1. The zero-order valence-electron chi connectivity index (χ0n) is 14.4. The van der Waals surface area contributed by atoms with Crippen LogP contribution in [0.1, 0.15) is 11.1 Å². The molecular formula is C21H16FN3OS. The van der Waals surface area contributed by atoms with Crippen LogP contribution in [0, 0.1) is 5.82 Å². The number of thioether (sulfide) groups is 1. The Labute approximate surface area is 160 Å². The SMILES string of the molecule is O=C1NC(=NCCc2cccc(F)c2)SC1=Cc1ccc2ncccc2c1. The Morgan fingerprint density at radius 2 is 2.07 bits per heavy atom. The summed E-state index contributed by atoms with van der Waals surface area (Å²) in [7, 11) is 0. The van der Waals surface area contributed by atoms with Gasteiger partial charge in [0.1, 0.15) is 5.82 Å². The summed E-state index contributed by atoms with van der Waals surface area (Å²) in [6, 6.07) is 16.2. The van der Waals surface area contributed by atoms with Crippen LogP contribution in [0.15, 0.2) is 70.7 Å². The zero-order valence-corrected chi connectivity index (χ0v) is 15.2. The Bertz CT molecular complexity index is 1080. The third kappa shape index (κ3) is 4.23. The largest absolute Gasteiger partial charge is 0.301 e. The molecule has 3 aromatic rings. The topological polar surface area (TPSA) is 54.4 Å². The molecule has 0 unspecified atom stereocenters. The van der Waals surface area contributed by atoms with Crippen molar-refractivity contribution in [3.63, 3.8) is 0 Å². The number of carbonyl (C=O) groups is 1.